The summed E-state index contributed by atoms with van der Waals surface area (Å²) < 4.78 is 28.5. The average Bonchev–Trinajstić information content (AvgIpc) is 2.90. The molecule has 0 aliphatic carbocycles. The van der Waals surface area contributed by atoms with Gasteiger partial charge in [0.05, 0.1) is 20.6 Å². The minimum absolute atomic E-state index is 0.0125. The maximum absolute atomic E-state index is 13.9. The summed E-state index contributed by atoms with van der Waals surface area (Å²) in [5, 5.41) is 3.41. The van der Waals surface area contributed by atoms with Crippen molar-refractivity contribution in [1.82, 2.24) is 10.2 Å². The Hall–Kier alpha value is -2.78. The van der Waals surface area contributed by atoms with E-state index in [0.29, 0.717) is 18.0 Å². The third-order valence-electron chi connectivity index (χ3n) is 5.81. The molecule has 0 saturated heterocycles. The van der Waals surface area contributed by atoms with Crippen LogP contribution in [0.1, 0.15) is 25.8 Å². The predicted octanol–water partition coefficient (Wildman–Crippen LogP) is 5.79. The smallest absolute Gasteiger partial charge is 0.264 e. The molecule has 0 saturated carbocycles. The number of sulfonamides is 1. The zero-order valence-electron chi connectivity index (χ0n) is 20.9. The summed E-state index contributed by atoms with van der Waals surface area (Å²) in [7, 11) is -4.24. The number of amides is 2. The van der Waals surface area contributed by atoms with Gasteiger partial charge in [-0.2, -0.15) is 0 Å². The predicted molar refractivity (Wildman–Crippen MR) is 152 cm³/mol. The average molecular weight is 597 g/mol. The van der Waals surface area contributed by atoms with Crippen molar-refractivity contribution < 1.29 is 18.0 Å². The van der Waals surface area contributed by atoms with Gasteiger partial charge in [0.2, 0.25) is 11.8 Å². The monoisotopic (exact) mass is 595 g/mol. The van der Waals surface area contributed by atoms with Gasteiger partial charge in [-0.1, -0.05) is 78.1 Å². The molecule has 0 aromatic heterocycles. The Morgan fingerprint density at radius 3 is 2.16 bits per heavy atom. The minimum Gasteiger partial charge on any atom is -0.355 e. The van der Waals surface area contributed by atoms with E-state index in [0.717, 1.165) is 9.87 Å². The molecule has 1 N–H and O–H groups in total. The number of benzene rings is 3. The van der Waals surface area contributed by atoms with Gasteiger partial charge < -0.3 is 10.2 Å². The van der Waals surface area contributed by atoms with Crippen molar-refractivity contribution in [1.29, 1.82) is 0 Å². The van der Waals surface area contributed by atoms with Crippen LogP contribution in [0.15, 0.2) is 77.7 Å². The lowest BCUT2D eigenvalue weighted by Gasteiger charge is -2.33. The van der Waals surface area contributed by atoms with Gasteiger partial charge in [0, 0.05) is 18.1 Å². The van der Waals surface area contributed by atoms with Gasteiger partial charge in [0.1, 0.15) is 12.6 Å². The van der Waals surface area contributed by atoms with E-state index in [1.54, 1.807) is 62.4 Å². The SMILES string of the molecule is CCNC(=O)[C@H](CC)N(Cc1ccc(Cl)cc1)C(=O)CN(c1cccc(Cl)c1Cl)S(=O)(=O)c1ccccc1. The van der Waals surface area contributed by atoms with Crippen LogP contribution in [0.25, 0.3) is 0 Å². The summed E-state index contributed by atoms with van der Waals surface area (Å²) >= 11 is 18.7. The fourth-order valence-corrected chi connectivity index (χ4v) is 5.94. The molecule has 0 unspecified atom stereocenters. The van der Waals surface area contributed by atoms with Crippen LogP contribution in [0, 0.1) is 0 Å². The van der Waals surface area contributed by atoms with Crippen LogP contribution in [0.5, 0.6) is 0 Å². The number of carbonyl (C=O) groups excluding carboxylic acids is 2. The summed E-state index contributed by atoms with van der Waals surface area (Å²) in [5.74, 6) is -0.927. The highest BCUT2D eigenvalue weighted by Gasteiger charge is 2.34. The van der Waals surface area contributed by atoms with E-state index >= 15 is 0 Å². The molecule has 7 nitrogen and oxygen atoms in total. The van der Waals surface area contributed by atoms with Crippen LogP contribution in [0.3, 0.4) is 0 Å². The zero-order chi connectivity index (χ0) is 27.9. The molecular formula is C27H28Cl3N3O4S. The Balaban J connectivity index is 2.09. The van der Waals surface area contributed by atoms with E-state index in [4.69, 9.17) is 34.8 Å². The van der Waals surface area contributed by atoms with Gasteiger partial charge >= 0.3 is 0 Å². The Morgan fingerprint density at radius 1 is 0.895 bits per heavy atom. The molecule has 3 aromatic carbocycles. The molecule has 2 amide bonds. The molecule has 0 fully saturated rings. The third-order valence-corrected chi connectivity index (χ3v) is 8.65. The van der Waals surface area contributed by atoms with E-state index in [2.05, 4.69) is 5.32 Å². The van der Waals surface area contributed by atoms with Gasteiger partial charge in [-0.25, -0.2) is 8.42 Å². The minimum atomic E-state index is -4.24. The molecular weight excluding hydrogens is 569 g/mol. The van der Waals surface area contributed by atoms with Gasteiger partial charge in [-0.15, -0.1) is 0 Å². The van der Waals surface area contributed by atoms with Crippen LogP contribution in [-0.2, 0) is 26.2 Å². The van der Waals surface area contributed by atoms with E-state index in [1.807, 2.05) is 0 Å². The maximum Gasteiger partial charge on any atom is 0.264 e. The van der Waals surface area contributed by atoms with Crippen LogP contribution in [0.4, 0.5) is 5.69 Å². The number of rotatable bonds is 11. The van der Waals surface area contributed by atoms with Gasteiger partial charge in [0.25, 0.3) is 10.0 Å². The molecule has 0 aliphatic rings. The lowest BCUT2D eigenvalue weighted by Crippen LogP contribution is -2.52. The zero-order valence-corrected chi connectivity index (χ0v) is 24.0. The Bertz CT molecular complexity index is 1370. The summed E-state index contributed by atoms with van der Waals surface area (Å²) in [5.41, 5.74) is 0.776. The number of nitrogens with zero attached hydrogens (tertiary/aromatic N) is 2. The molecule has 3 rings (SSSR count). The quantitative estimate of drug-likeness (QED) is 0.304. The molecule has 1 atom stereocenters. The standard InChI is InChI=1S/C27H28Cl3N3O4S/c1-3-23(27(35)31-4-2)32(17-19-13-15-20(28)16-14-19)25(34)18-33(24-12-8-11-22(29)26(24)30)38(36,37)21-9-6-5-7-10-21/h5-16,23H,3-4,17-18H2,1-2H3,(H,31,35)/t23-/m0/s1. The number of anilines is 1. The maximum atomic E-state index is 13.9. The van der Waals surface area contributed by atoms with E-state index in [1.165, 1.54) is 29.2 Å². The molecule has 38 heavy (non-hydrogen) atoms. The van der Waals surface area contributed by atoms with Crippen molar-refractivity contribution in [3.8, 4) is 0 Å². The number of halogens is 3. The second-order valence-electron chi connectivity index (χ2n) is 8.36. The number of hydrogen-bond acceptors (Lipinski definition) is 4. The first kappa shape index (κ1) is 29.8. The molecule has 0 spiro atoms. The molecule has 0 heterocycles. The third kappa shape index (κ3) is 6.99. The molecule has 0 aliphatic heterocycles. The number of likely N-dealkylation sites (N-methyl/N-ethyl adjacent to an activating group) is 1. The van der Waals surface area contributed by atoms with Crippen LogP contribution < -0.4 is 9.62 Å². The normalized spacial score (nSPS) is 12.0. The Labute approximate surface area is 238 Å². The topological polar surface area (TPSA) is 86.8 Å². The van der Waals surface area contributed by atoms with E-state index in [-0.39, 0.29) is 33.1 Å². The van der Waals surface area contributed by atoms with Crippen molar-refractivity contribution in [2.45, 2.75) is 37.8 Å². The largest absolute Gasteiger partial charge is 0.355 e. The van der Waals surface area contributed by atoms with Crippen LogP contribution in [-0.4, -0.2) is 44.3 Å². The van der Waals surface area contributed by atoms with E-state index in [9.17, 15) is 18.0 Å². The second kappa shape index (κ2) is 13.3. The van der Waals surface area contributed by atoms with Crippen LogP contribution in [0.2, 0.25) is 15.1 Å². The van der Waals surface area contributed by atoms with Crippen molar-refractivity contribution in [3.05, 3.63) is 93.4 Å². The molecule has 202 valence electrons. The van der Waals surface area contributed by atoms with Crippen molar-refractivity contribution in [2.75, 3.05) is 17.4 Å². The van der Waals surface area contributed by atoms with Crippen LogP contribution >= 0.6 is 34.8 Å². The first-order valence-corrected chi connectivity index (χ1v) is 14.5. The summed E-state index contributed by atoms with van der Waals surface area (Å²) in [4.78, 5) is 28.2. The highest BCUT2D eigenvalue weighted by Crippen LogP contribution is 2.35. The highest BCUT2D eigenvalue weighted by molar-refractivity contribution is 7.92. The number of nitrogens with one attached hydrogen (secondary N) is 1. The molecule has 11 heteroatoms. The first-order valence-electron chi connectivity index (χ1n) is 11.9. The van der Waals surface area contributed by atoms with Gasteiger partial charge in [0.15, 0.2) is 0 Å². The lowest BCUT2D eigenvalue weighted by atomic mass is 10.1. The first-order chi connectivity index (χ1) is 18.1. The molecule has 0 bridgehead atoms. The molecule has 3 aromatic rings. The summed E-state index contributed by atoms with van der Waals surface area (Å²) in [6.07, 6.45) is 0.314. The lowest BCUT2D eigenvalue weighted by molar-refractivity contribution is -0.140. The fourth-order valence-electron chi connectivity index (χ4n) is 3.92. The summed E-state index contributed by atoms with van der Waals surface area (Å²) in [6.45, 7) is 3.40. The Morgan fingerprint density at radius 2 is 1.55 bits per heavy atom. The Kier molecular flexibility index (Phi) is 10.4. The second-order valence-corrected chi connectivity index (χ2v) is 11.4. The van der Waals surface area contributed by atoms with Crippen molar-refractivity contribution in [3.63, 3.8) is 0 Å². The number of hydrogen-bond donors (Lipinski definition) is 1. The van der Waals surface area contributed by atoms with Gasteiger partial charge in [-0.05, 0) is 55.3 Å². The van der Waals surface area contributed by atoms with Crippen molar-refractivity contribution in [2.24, 2.45) is 0 Å². The number of carbonyl (C=O) groups is 2. The van der Waals surface area contributed by atoms with Crippen molar-refractivity contribution >= 4 is 62.3 Å². The summed E-state index contributed by atoms with van der Waals surface area (Å²) in [6, 6.07) is 18.3. The van der Waals surface area contributed by atoms with E-state index < -0.39 is 28.5 Å². The fraction of sp³-hybridized carbons (Fsp3) is 0.259. The molecule has 0 radical (unpaired) electrons. The van der Waals surface area contributed by atoms with Gasteiger partial charge in [-0.3, -0.25) is 13.9 Å². The highest BCUT2D eigenvalue weighted by atomic mass is 35.5.